The van der Waals surface area contributed by atoms with Gasteiger partial charge >= 0.3 is 6.08 Å². The van der Waals surface area contributed by atoms with Gasteiger partial charge in [-0.05, 0) is 12.2 Å². The Morgan fingerprint density at radius 1 is 1.50 bits per heavy atom. The van der Waals surface area contributed by atoms with Gasteiger partial charge in [0, 0.05) is 6.92 Å². The molecule has 2 aromatic heterocycles. The summed E-state index contributed by atoms with van der Waals surface area (Å²) in [5, 5.41) is 0.492. The standard InChI is InChI=1S/C11H13FN4OS/c1-3-4-5-18-10-8-9(14-11(12)15-10)16(6-13-8)7(2)17/h6H,3-5H2,1-2H3. The third-order valence-corrected chi connectivity index (χ3v) is 3.46. The lowest BCUT2D eigenvalue weighted by Crippen LogP contribution is -2.06. The van der Waals surface area contributed by atoms with E-state index in [0.29, 0.717) is 10.5 Å². The van der Waals surface area contributed by atoms with Crippen LogP contribution in [0, 0.1) is 6.08 Å². The molecule has 0 bridgehead atoms. The summed E-state index contributed by atoms with van der Waals surface area (Å²) in [7, 11) is 0. The van der Waals surface area contributed by atoms with Gasteiger partial charge in [0.1, 0.15) is 16.9 Å². The average Bonchev–Trinajstić information content (AvgIpc) is 2.72. The van der Waals surface area contributed by atoms with Crippen molar-refractivity contribution in [2.24, 2.45) is 0 Å². The number of nitrogens with zero attached hydrogens (tertiary/aromatic N) is 4. The first kappa shape index (κ1) is 12.9. The quantitative estimate of drug-likeness (QED) is 0.369. The van der Waals surface area contributed by atoms with E-state index in [2.05, 4.69) is 21.9 Å². The lowest BCUT2D eigenvalue weighted by Gasteiger charge is -2.02. The molecular weight excluding hydrogens is 255 g/mol. The van der Waals surface area contributed by atoms with Crippen LogP contribution in [-0.4, -0.2) is 31.2 Å². The number of fused-ring (bicyclic) bond motifs is 1. The fraction of sp³-hybridized carbons (Fsp3) is 0.455. The monoisotopic (exact) mass is 268 g/mol. The molecule has 0 fully saturated rings. The van der Waals surface area contributed by atoms with Gasteiger partial charge in [-0.1, -0.05) is 13.3 Å². The second-order valence-corrected chi connectivity index (χ2v) is 4.89. The molecule has 0 aliphatic rings. The number of aromatic nitrogens is 4. The molecule has 0 aromatic carbocycles. The van der Waals surface area contributed by atoms with Crippen LogP contribution in [-0.2, 0) is 0 Å². The first-order chi connectivity index (χ1) is 8.63. The highest BCUT2D eigenvalue weighted by atomic mass is 32.2. The van der Waals surface area contributed by atoms with Gasteiger partial charge in [-0.15, -0.1) is 11.8 Å². The lowest BCUT2D eigenvalue weighted by molar-refractivity contribution is 0.0940. The zero-order valence-electron chi connectivity index (χ0n) is 10.2. The van der Waals surface area contributed by atoms with Crippen LogP contribution in [0.15, 0.2) is 11.4 Å². The minimum absolute atomic E-state index is 0.231. The van der Waals surface area contributed by atoms with E-state index in [9.17, 15) is 9.18 Å². The molecule has 0 unspecified atom stereocenters. The Hall–Kier alpha value is -1.50. The fourth-order valence-corrected chi connectivity index (χ4v) is 2.54. The van der Waals surface area contributed by atoms with Gasteiger partial charge < -0.3 is 0 Å². The molecule has 0 spiro atoms. The molecule has 2 aromatic rings. The number of carbonyl (C=O) groups excluding carboxylic acids is 1. The highest BCUT2D eigenvalue weighted by Gasteiger charge is 2.15. The largest absolute Gasteiger partial charge is 0.311 e. The zero-order valence-corrected chi connectivity index (χ0v) is 11.0. The van der Waals surface area contributed by atoms with Gasteiger partial charge in [0.25, 0.3) is 0 Å². The summed E-state index contributed by atoms with van der Waals surface area (Å²) in [5.74, 6) is 0.592. The fourth-order valence-electron chi connectivity index (χ4n) is 1.49. The first-order valence-electron chi connectivity index (χ1n) is 5.67. The van der Waals surface area contributed by atoms with Gasteiger partial charge in [-0.3, -0.25) is 9.36 Å². The van der Waals surface area contributed by atoms with Gasteiger partial charge in [0.15, 0.2) is 5.65 Å². The van der Waals surface area contributed by atoms with Crippen LogP contribution in [0.25, 0.3) is 11.2 Å². The Balaban J connectivity index is 2.43. The molecule has 2 heterocycles. The summed E-state index contributed by atoms with van der Waals surface area (Å²) >= 11 is 1.44. The van der Waals surface area contributed by atoms with Crippen molar-refractivity contribution in [3.05, 3.63) is 12.4 Å². The summed E-state index contributed by atoms with van der Waals surface area (Å²) in [5.41, 5.74) is 0.710. The normalized spacial score (nSPS) is 11.1. The predicted molar refractivity (Wildman–Crippen MR) is 67.2 cm³/mol. The number of imidazole rings is 1. The van der Waals surface area contributed by atoms with Gasteiger partial charge in [-0.2, -0.15) is 14.4 Å². The van der Waals surface area contributed by atoms with Crippen molar-refractivity contribution in [3.63, 3.8) is 0 Å². The van der Waals surface area contributed by atoms with Crippen LogP contribution in [0.4, 0.5) is 4.39 Å². The molecule has 0 N–H and O–H groups in total. The van der Waals surface area contributed by atoms with E-state index < -0.39 is 6.08 Å². The molecule has 0 saturated heterocycles. The van der Waals surface area contributed by atoms with E-state index in [-0.39, 0.29) is 11.6 Å². The summed E-state index contributed by atoms with van der Waals surface area (Å²) in [6.07, 6.45) is 2.60. The summed E-state index contributed by atoms with van der Waals surface area (Å²) in [4.78, 5) is 22.8. The van der Waals surface area contributed by atoms with Crippen LogP contribution in [0.1, 0.15) is 31.5 Å². The van der Waals surface area contributed by atoms with Crippen molar-refractivity contribution >= 4 is 28.8 Å². The van der Waals surface area contributed by atoms with Crippen LogP contribution in [0.2, 0.25) is 0 Å². The molecule has 18 heavy (non-hydrogen) atoms. The van der Waals surface area contributed by atoms with Gasteiger partial charge in [0.2, 0.25) is 5.91 Å². The number of hydrogen-bond donors (Lipinski definition) is 0. The second kappa shape index (κ2) is 5.43. The average molecular weight is 268 g/mol. The van der Waals surface area contributed by atoms with Crippen molar-refractivity contribution in [1.29, 1.82) is 0 Å². The van der Waals surface area contributed by atoms with E-state index in [1.54, 1.807) is 0 Å². The maximum Gasteiger partial charge on any atom is 0.311 e. The Morgan fingerprint density at radius 2 is 2.28 bits per heavy atom. The molecule has 0 aliphatic carbocycles. The molecule has 2 rings (SSSR count). The molecule has 5 nitrogen and oxygen atoms in total. The zero-order chi connectivity index (χ0) is 13.1. The molecule has 0 aliphatic heterocycles. The minimum atomic E-state index is -0.829. The van der Waals surface area contributed by atoms with E-state index >= 15 is 0 Å². The van der Waals surface area contributed by atoms with Crippen LogP contribution >= 0.6 is 11.8 Å². The minimum Gasteiger partial charge on any atom is -0.274 e. The van der Waals surface area contributed by atoms with E-state index in [0.717, 1.165) is 18.6 Å². The van der Waals surface area contributed by atoms with E-state index in [1.165, 1.54) is 29.6 Å². The van der Waals surface area contributed by atoms with Crippen molar-refractivity contribution in [1.82, 2.24) is 19.5 Å². The number of carbonyl (C=O) groups is 1. The van der Waals surface area contributed by atoms with Crippen molar-refractivity contribution in [2.45, 2.75) is 31.7 Å². The number of halogens is 1. The molecular formula is C11H13FN4OS. The summed E-state index contributed by atoms with van der Waals surface area (Å²) in [6, 6.07) is 0. The third-order valence-electron chi connectivity index (χ3n) is 2.41. The van der Waals surface area contributed by atoms with Crippen molar-refractivity contribution in [3.8, 4) is 0 Å². The highest BCUT2D eigenvalue weighted by Crippen LogP contribution is 2.24. The lowest BCUT2D eigenvalue weighted by atomic mass is 10.4. The molecule has 96 valence electrons. The molecule has 0 saturated carbocycles. The Labute approximate surface area is 108 Å². The van der Waals surface area contributed by atoms with E-state index in [4.69, 9.17) is 0 Å². The predicted octanol–water partition coefficient (Wildman–Crippen LogP) is 2.52. The number of rotatable bonds is 4. The maximum absolute atomic E-state index is 13.3. The molecule has 0 atom stereocenters. The third kappa shape index (κ3) is 2.50. The Bertz CT molecular complexity index is 584. The van der Waals surface area contributed by atoms with Gasteiger partial charge in [-0.25, -0.2) is 4.98 Å². The topological polar surface area (TPSA) is 60.7 Å². The first-order valence-corrected chi connectivity index (χ1v) is 6.66. The van der Waals surface area contributed by atoms with Crippen molar-refractivity contribution in [2.75, 3.05) is 5.75 Å². The molecule has 0 radical (unpaired) electrons. The van der Waals surface area contributed by atoms with Gasteiger partial charge in [0.05, 0.1) is 0 Å². The Morgan fingerprint density at radius 3 is 2.94 bits per heavy atom. The summed E-state index contributed by atoms with van der Waals surface area (Å²) in [6.45, 7) is 3.46. The smallest absolute Gasteiger partial charge is 0.274 e. The number of hydrogen-bond acceptors (Lipinski definition) is 5. The summed E-state index contributed by atoms with van der Waals surface area (Å²) < 4.78 is 14.6. The van der Waals surface area contributed by atoms with Crippen LogP contribution in [0.5, 0.6) is 0 Å². The second-order valence-electron chi connectivity index (χ2n) is 3.81. The van der Waals surface area contributed by atoms with Crippen molar-refractivity contribution < 1.29 is 9.18 Å². The Kier molecular flexibility index (Phi) is 3.90. The number of thioether (sulfide) groups is 1. The van der Waals surface area contributed by atoms with E-state index in [1.807, 2.05) is 0 Å². The highest BCUT2D eigenvalue weighted by molar-refractivity contribution is 7.99. The van der Waals surface area contributed by atoms with Crippen LogP contribution < -0.4 is 0 Å². The number of unbranched alkanes of at least 4 members (excludes halogenated alkanes) is 1. The SMILES string of the molecule is CCCCSc1nc(F)nc2c1ncn2C(C)=O. The maximum atomic E-state index is 13.3. The molecule has 7 heteroatoms. The van der Waals surface area contributed by atoms with Crippen LogP contribution in [0.3, 0.4) is 0 Å². The molecule has 0 amide bonds.